The van der Waals surface area contributed by atoms with Gasteiger partial charge in [0.25, 0.3) is 0 Å². The number of alkyl halides is 3. The van der Waals surface area contributed by atoms with E-state index in [1.54, 1.807) is 0 Å². The number of hydrogen-bond donors (Lipinski definition) is 0. The average molecular weight is 327 g/mol. The lowest BCUT2D eigenvalue weighted by atomic mass is 9.95. The largest absolute Gasteiger partial charge is 0.546 e. The number of benzene rings is 1. The molecule has 3 nitrogen and oxygen atoms in total. The molecule has 23 heavy (non-hydrogen) atoms. The van der Waals surface area contributed by atoms with Crippen molar-refractivity contribution >= 4 is 5.97 Å². The summed E-state index contributed by atoms with van der Waals surface area (Å²) in [6.45, 7) is 0. The normalized spacial score (nSPS) is 16.6. The molecule has 0 heterocycles. The van der Waals surface area contributed by atoms with E-state index in [2.05, 4.69) is 6.08 Å². The molecule has 0 radical (unpaired) electrons. The zero-order chi connectivity index (χ0) is 16.9. The highest BCUT2D eigenvalue weighted by Crippen LogP contribution is 2.30. The first-order chi connectivity index (χ1) is 10.9. The minimum Gasteiger partial charge on any atom is -0.546 e. The van der Waals surface area contributed by atoms with Crippen LogP contribution in [0.1, 0.15) is 44.1 Å². The zero-order valence-electron chi connectivity index (χ0n) is 12.6. The van der Waals surface area contributed by atoms with Gasteiger partial charge in [-0.25, -0.2) is 0 Å². The van der Waals surface area contributed by atoms with Gasteiger partial charge in [-0.1, -0.05) is 11.6 Å². The van der Waals surface area contributed by atoms with Gasteiger partial charge in [-0.15, -0.1) is 0 Å². The van der Waals surface area contributed by atoms with Crippen LogP contribution in [0.5, 0.6) is 5.75 Å². The van der Waals surface area contributed by atoms with Crippen LogP contribution in [-0.2, 0) is 11.0 Å². The third-order valence-electron chi connectivity index (χ3n) is 3.84. The van der Waals surface area contributed by atoms with Gasteiger partial charge in [0.2, 0.25) is 0 Å². The van der Waals surface area contributed by atoms with Crippen LogP contribution in [0.25, 0.3) is 0 Å². The Bertz CT molecular complexity index is 561. The Balaban J connectivity index is 1.96. The highest BCUT2D eigenvalue weighted by molar-refractivity contribution is 5.70. The monoisotopic (exact) mass is 327 g/mol. The summed E-state index contributed by atoms with van der Waals surface area (Å²) in [5, 5.41) is 11.2. The minimum atomic E-state index is -4.43. The molecular formula is C17H18F3O3-. The molecule has 0 bridgehead atoms. The van der Waals surface area contributed by atoms with Gasteiger partial charge < -0.3 is 14.6 Å². The first-order valence-electron chi connectivity index (χ1n) is 7.59. The Morgan fingerprint density at radius 3 is 2.43 bits per heavy atom. The van der Waals surface area contributed by atoms with Crippen molar-refractivity contribution in [1.82, 2.24) is 0 Å². The number of carboxylic acids is 1. The molecule has 1 aromatic rings. The first-order valence-corrected chi connectivity index (χ1v) is 7.59. The van der Waals surface area contributed by atoms with Gasteiger partial charge in [-0.3, -0.25) is 0 Å². The van der Waals surface area contributed by atoms with Crippen LogP contribution < -0.4 is 9.84 Å². The highest BCUT2D eigenvalue weighted by atomic mass is 19.4. The summed E-state index contributed by atoms with van der Waals surface area (Å²) in [6.07, 6.45) is 1.57. The number of carbonyl (C=O) groups excluding carboxylic acids is 1. The molecule has 0 fully saturated rings. The van der Waals surface area contributed by atoms with Gasteiger partial charge in [0.05, 0.1) is 11.5 Å². The van der Waals surface area contributed by atoms with Gasteiger partial charge in [0.15, 0.2) is 0 Å². The Labute approximate surface area is 132 Å². The first kappa shape index (κ1) is 17.4. The van der Waals surface area contributed by atoms with E-state index in [-0.39, 0.29) is 12.2 Å². The van der Waals surface area contributed by atoms with Crippen molar-refractivity contribution in [3.05, 3.63) is 41.5 Å². The lowest BCUT2D eigenvalue weighted by molar-refractivity contribution is -0.313. The molecular weight excluding hydrogens is 309 g/mol. The standard InChI is InChI=1S/C17H19F3O3/c18-17(19,20)13-7-9-14(10-8-13)23-15(16(21)22)11-6-12-4-2-1-3-5-12/h4,7-10,15H,1-3,5-6,11H2,(H,21,22)/p-1. The maximum Gasteiger partial charge on any atom is 0.416 e. The smallest absolute Gasteiger partial charge is 0.416 e. The van der Waals surface area contributed by atoms with Crippen LogP contribution in [0.4, 0.5) is 13.2 Å². The molecule has 1 aliphatic rings. The number of carbonyl (C=O) groups is 1. The molecule has 2 rings (SSSR count). The molecule has 0 spiro atoms. The number of hydrogen-bond acceptors (Lipinski definition) is 3. The quantitative estimate of drug-likeness (QED) is 0.752. The summed E-state index contributed by atoms with van der Waals surface area (Å²) in [5.74, 6) is -1.27. The van der Waals surface area contributed by atoms with Crippen LogP contribution in [0.2, 0.25) is 0 Å². The van der Waals surface area contributed by atoms with E-state index >= 15 is 0 Å². The molecule has 0 saturated carbocycles. The summed E-state index contributed by atoms with van der Waals surface area (Å²) in [7, 11) is 0. The Morgan fingerprint density at radius 2 is 1.91 bits per heavy atom. The molecule has 0 aliphatic heterocycles. The number of halogens is 3. The van der Waals surface area contributed by atoms with Crippen LogP contribution in [0.15, 0.2) is 35.9 Å². The predicted molar refractivity (Wildman–Crippen MR) is 76.7 cm³/mol. The Morgan fingerprint density at radius 1 is 1.22 bits per heavy atom. The highest BCUT2D eigenvalue weighted by Gasteiger charge is 2.30. The third kappa shape index (κ3) is 5.30. The number of aliphatic carboxylic acids is 1. The lowest BCUT2D eigenvalue weighted by Crippen LogP contribution is -2.39. The van der Waals surface area contributed by atoms with Crippen LogP contribution in [0, 0.1) is 0 Å². The zero-order valence-corrected chi connectivity index (χ0v) is 12.6. The van der Waals surface area contributed by atoms with E-state index in [0.717, 1.165) is 49.9 Å². The number of allylic oxidation sites excluding steroid dienone is 2. The molecule has 0 aromatic heterocycles. The molecule has 1 aliphatic carbocycles. The fourth-order valence-electron chi connectivity index (χ4n) is 2.56. The molecule has 1 unspecified atom stereocenters. The van der Waals surface area contributed by atoms with Crippen LogP contribution in [0.3, 0.4) is 0 Å². The van der Waals surface area contributed by atoms with Crippen molar-refractivity contribution in [2.24, 2.45) is 0 Å². The summed E-state index contributed by atoms with van der Waals surface area (Å²) in [5.41, 5.74) is 0.403. The lowest BCUT2D eigenvalue weighted by Gasteiger charge is -2.22. The summed E-state index contributed by atoms with van der Waals surface area (Å²) >= 11 is 0. The van der Waals surface area contributed by atoms with E-state index in [1.807, 2.05) is 0 Å². The summed E-state index contributed by atoms with van der Waals surface area (Å²) < 4.78 is 42.7. The van der Waals surface area contributed by atoms with E-state index in [4.69, 9.17) is 4.74 Å². The molecule has 0 amide bonds. The van der Waals surface area contributed by atoms with Crippen molar-refractivity contribution in [3.63, 3.8) is 0 Å². The van der Waals surface area contributed by atoms with Gasteiger partial charge in [0.1, 0.15) is 11.9 Å². The fourth-order valence-corrected chi connectivity index (χ4v) is 2.56. The fraction of sp³-hybridized carbons (Fsp3) is 0.471. The van der Waals surface area contributed by atoms with Crippen molar-refractivity contribution in [3.8, 4) is 5.75 Å². The SMILES string of the molecule is O=C([O-])C(CCC1=CCCCC1)Oc1ccc(C(F)(F)F)cc1. The maximum atomic E-state index is 12.5. The van der Waals surface area contributed by atoms with Gasteiger partial charge in [-0.05, 0) is 62.8 Å². The minimum absolute atomic E-state index is 0.0878. The third-order valence-corrected chi connectivity index (χ3v) is 3.84. The number of ether oxygens (including phenoxy) is 1. The van der Waals surface area contributed by atoms with E-state index in [1.165, 1.54) is 5.57 Å². The van der Waals surface area contributed by atoms with Crippen molar-refractivity contribution in [2.75, 3.05) is 0 Å². The Hall–Kier alpha value is -1.98. The molecule has 1 aromatic carbocycles. The average Bonchev–Trinajstić information content (AvgIpc) is 2.51. The van der Waals surface area contributed by atoms with Crippen LogP contribution in [-0.4, -0.2) is 12.1 Å². The second-order valence-electron chi connectivity index (χ2n) is 5.59. The molecule has 126 valence electrons. The maximum absolute atomic E-state index is 12.5. The number of rotatable bonds is 6. The van der Waals surface area contributed by atoms with Crippen molar-refractivity contribution in [2.45, 2.75) is 50.8 Å². The second kappa shape index (κ2) is 7.53. The van der Waals surface area contributed by atoms with E-state index in [0.29, 0.717) is 6.42 Å². The molecule has 0 N–H and O–H groups in total. The second-order valence-corrected chi connectivity index (χ2v) is 5.59. The van der Waals surface area contributed by atoms with E-state index in [9.17, 15) is 23.1 Å². The summed E-state index contributed by atoms with van der Waals surface area (Å²) in [6, 6.07) is 3.98. The van der Waals surface area contributed by atoms with Crippen LogP contribution >= 0.6 is 0 Å². The summed E-state index contributed by atoms with van der Waals surface area (Å²) in [4.78, 5) is 11.2. The van der Waals surface area contributed by atoms with Crippen molar-refractivity contribution in [1.29, 1.82) is 0 Å². The van der Waals surface area contributed by atoms with Gasteiger partial charge in [0, 0.05) is 0 Å². The Kier molecular flexibility index (Phi) is 5.69. The molecule has 1 atom stereocenters. The molecule has 0 saturated heterocycles. The molecule has 6 heteroatoms. The predicted octanol–water partition coefficient (Wildman–Crippen LogP) is 3.48. The van der Waals surface area contributed by atoms with Gasteiger partial charge in [-0.2, -0.15) is 13.2 Å². The van der Waals surface area contributed by atoms with E-state index < -0.39 is 23.8 Å². The topological polar surface area (TPSA) is 49.4 Å². The van der Waals surface area contributed by atoms with Crippen molar-refractivity contribution < 1.29 is 27.8 Å². The van der Waals surface area contributed by atoms with Gasteiger partial charge >= 0.3 is 6.18 Å². The number of carboxylic acid groups (broad SMARTS) is 1.